The molecule has 0 radical (unpaired) electrons. The second-order valence-electron chi connectivity index (χ2n) is 3.33. The average Bonchev–Trinajstić information content (AvgIpc) is 1.88. The third-order valence-electron chi connectivity index (χ3n) is 2.03. The van der Waals surface area contributed by atoms with Crippen LogP contribution >= 0.6 is 11.8 Å². The van der Waals surface area contributed by atoms with E-state index in [9.17, 15) is 5.11 Å². The summed E-state index contributed by atoms with van der Waals surface area (Å²) in [7, 11) is 0. The van der Waals surface area contributed by atoms with Gasteiger partial charge in [0.1, 0.15) is 0 Å². The fourth-order valence-corrected chi connectivity index (χ4v) is 2.73. The first-order valence-corrected chi connectivity index (χ1v) is 5.04. The summed E-state index contributed by atoms with van der Waals surface area (Å²) in [6.07, 6.45) is 1.98. The molecule has 1 saturated heterocycles. The Morgan fingerprint density at radius 1 is 1.50 bits per heavy atom. The third kappa shape index (κ3) is 2.17. The van der Waals surface area contributed by atoms with Crippen molar-refractivity contribution in [3.05, 3.63) is 0 Å². The first-order chi connectivity index (χ1) is 4.70. The molecule has 1 N–H and O–H groups in total. The number of aliphatic hydroxyl groups excluding tert-OH is 1. The van der Waals surface area contributed by atoms with E-state index >= 15 is 0 Å². The molecular weight excluding hydrogens is 144 g/mol. The van der Waals surface area contributed by atoms with Crippen molar-refractivity contribution in [2.24, 2.45) is 5.92 Å². The lowest BCUT2D eigenvalue weighted by molar-refractivity contribution is 0.151. The molecule has 2 atom stereocenters. The predicted molar refractivity (Wildman–Crippen MR) is 46.3 cm³/mol. The minimum absolute atomic E-state index is 0.0198. The quantitative estimate of drug-likeness (QED) is 0.632. The van der Waals surface area contributed by atoms with E-state index in [1.54, 1.807) is 0 Å². The predicted octanol–water partition coefficient (Wildman–Crippen LogP) is 1.90. The zero-order valence-corrected chi connectivity index (χ0v) is 7.53. The summed E-state index contributed by atoms with van der Waals surface area (Å²) in [6.45, 7) is 4.46. The van der Waals surface area contributed by atoms with Gasteiger partial charge in [-0.15, -0.1) is 0 Å². The topological polar surface area (TPSA) is 20.2 Å². The summed E-state index contributed by atoms with van der Waals surface area (Å²) in [5.41, 5.74) is 0. The summed E-state index contributed by atoms with van der Waals surface area (Å²) in [4.78, 5) is 0. The van der Waals surface area contributed by atoms with Gasteiger partial charge in [0.05, 0.1) is 6.10 Å². The molecule has 0 aromatic rings. The van der Waals surface area contributed by atoms with Crippen molar-refractivity contribution in [1.29, 1.82) is 0 Å². The Hall–Kier alpha value is 0.310. The molecule has 1 heterocycles. The van der Waals surface area contributed by atoms with Crippen LogP contribution < -0.4 is 0 Å². The second-order valence-corrected chi connectivity index (χ2v) is 4.68. The Morgan fingerprint density at radius 2 is 2.20 bits per heavy atom. The fourth-order valence-electron chi connectivity index (χ4n) is 1.27. The number of hydrogen-bond donors (Lipinski definition) is 1. The zero-order chi connectivity index (χ0) is 7.56. The molecule has 0 aromatic carbocycles. The van der Waals surface area contributed by atoms with Crippen molar-refractivity contribution in [3.63, 3.8) is 0 Å². The number of thioether (sulfide) groups is 1. The van der Waals surface area contributed by atoms with Gasteiger partial charge in [-0.1, -0.05) is 13.8 Å². The van der Waals surface area contributed by atoms with E-state index in [0.717, 1.165) is 24.5 Å². The Morgan fingerprint density at radius 3 is 2.60 bits per heavy atom. The first kappa shape index (κ1) is 8.41. The van der Waals surface area contributed by atoms with E-state index in [1.165, 1.54) is 0 Å². The van der Waals surface area contributed by atoms with Gasteiger partial charge >= 0.3 is 0 Å². The van der Waals surface area contributed by atoms with Crippen molar-refractivity contribution in [3.8, 4) is 0 Å². The molecule has 10 heavy (non-hydrogen) atoms. The standard InChI is InChI=1S/C8H16OS/c1-6(2)8-5-7(9)3-4-10-8/h6-9H,3-5H2,1-2H3/t7-,8-/m0/s1. The first-order valence-electron chi connectivity index (χ1n) is 4.00. The largest absolute Gasteiger partial charge is 0.393 e. The maximum Gasteiger partial charge on any atom is 0.0558 e. The molecule has 1 nitrogen and oxygen atoms in total. The van der Waals surface area contributed by atoms with E-state index < -0.39 is 0 Å². The van der Waals surface area contributed by atoms with Crippen molar-refractivity contribution >= 4 is 11.8 Å². The Kier molecular flexibility index (Phi) is 3.05. The van der Waals surface area contributed by atoms with Crippen molar-refractivity contribution in [2.75, 3.05) is 5.75 Å². The average molecular weight is 160 g/mol. The molecule has 1 rings (SSSR count). The van der Waals surface area contributed by atoms with Crippen LogP contribution in [0.3, 0.4) is 0 Å². The SMILES string of the molecule is CC(C)[C@@H]1C[C@@H](O)CCS1. The maximum absolute atomic E-state index is 9.32. The van der Waals surface area contributed by atoms with Crippen LogP contribution in [0.1, 0.15) is 26.7 Å². The number of hydrogen-bond acceptors (Lipinski definition) is 2. The minimum Gasteiger partial charge on any atom is -0.393 e. The van der Waals surface area contributed by atoms with Gasteiger partial charge in [0.15, 0.2) is 0 Å². The van der Waals surface area contributed by atoms with E-state index in [2.05, 4.69) is 13.8 Å². The van der Waals surface area contributed by atoms with Crippen LogP contribution in [0, 0.1) is 5.92 Å². The molecule has 0 spiro atoms. The van der Waals surface area contributed by atoms with Crippen LogP contribution in [0.15, 0.2) is 0 Å². The monoisotopic (exact) mass is 160 g/mol. The van der Waals surface area contributed by atoms with Crippen molar-refractivity contribution < 1.29 is 5.11 Å². The Labute approximate surface area is 67.2 Å². The summed E-state index contributed by atoms with van der Waals surface area (Å²) < 4.78 is 0. The molecule has 0 saturated carbocycles. The molecule has 1 aliphatic heterocycles. The molecule has 0 bridgehead atoms. The van der Waals surface area contributed by atoms with Gasteiger partial charge in [-0.3, -0.25) is 0 Å². The smallest absolute Gasteiger partial charge is 0.0558 e. The lowest BCUT2D eigenvalue weighted by Gasteiger charge is -2.28. The summed E-state index contributed by atoms with van der Waals surface area (Å²) in [6, 6.07) is 0. The Balaban J connectivity index is 2.32. The highest BCUT2D eigenvalue weighted by Gasteiger charge is 2.22. The second kappa shape index (κ2) is 3.63. The maximum atomic E-state index is 9.32. The van der Waals surface area contributed by atoms with Gasteiger partial charge in [0.25, 0.3) is 0 Å². The van der Waals surface area contributed by atoms with Gasteiger partial charge < -0.3 is 5.11 Å². The summed E-state index contributed by atoms with van der Waals surface area (Å²) in [5.74, 6) is 1.87. The summed E-state index contributed by atoms with van der Waals surface area (Å²) >= 11 is 2.02. The molecule has 0 unspecified atom stereocenters. The van der Waals surface area contributed by atoms with Gasteiger partial charge in [0, 0.05) is 5.25 Å². The van der Waals surface area contributed by atoms with Crippen molar-refractivity contribution in [2.45, 2.75) is 38.0 Å². The molecule has 1 fully saturated rings. The molecule has 0 amide bonds. The van der Waals surface area contributed by atoms with Gasteiger partial charge in [-0.2, -0.15) is 11.8 Å². The number of rotatable bonds is 1. The van der Waals surface area contributed by atoms with Crippen LogP contribution in [0.4, 0.5) is 0 Å². The van der Waals surface area contributed by atoms with Gasteiger partial charge in [0.2, 0.25) is 0 Å². The summed E-state index contributed by atoms with van der Waals surface area (Å²) in [5, 5.41) is 10.0. The van der Waals surface area contributed by atoms with Crippen molar-refractivity contribution in [1.82, 2.24) is 0 Å². The van der Waals surface area contributed by atoms with E-state index in [-0.39, 0.29) is 6.10 Å². The molecule has 2 heteroatoms. The van der Waals surface area contributed by atoms with E-state index in [0.29, 0.717) is 5.25 Å². The fraction of sp³-hybridized carbons (Fsp3) is 1.00. The molecule has 0 aromatic heterocycles. The van der Waals surface area contributed by atoms with Crippen LogP contribution in [-0.2, 0) is 0 Å². The van der Waals surface area contributed by atoms with Gasteiger partial charge in [-0.25, -0.2) is 0 Å². The molecule has 60 valence electrons. The van der Waals surface area contributed by atoms with E-state index in [1.807, 2.05) is 11.8 Å². The normalized spacial score (nSPS) is 34.8. The van der Waals surface area contributed by atoms with Crippen LogP contribution in [0.5, 0.6) is 0 Å². The van der Waals surface area contributed by atoms with E-state index in [4.69, 9.17) is 0 Å². The molecule has 0 aliphatic carbocycles. The molecule has 1 aliphatic rings. The molecular formula is C8H16OS. The highest BCUT2D eigenvalue weighted by atomic mass is 32.2. The van der Waals surface area contributed by atoms with Crippen LogP contribution in [0.25, 0.3) is 0 Å². The lowest BCUT2D eigenvalue weighted by atomic mass is 10.0. The third-order valence-corrected chi connectivity index (χ3v) is 3.67. The number of aliphatic hydroxyl groups is 1. The van der Waals surface area contributed by atoms with Gasteiger partial charge in [-0.05, 0) is 24.5 Å². The Bertz CT molecular complexity index is 103. The lowest BCUT2D eigenvalue weighted by Crippen LogP contribution is -2.25. The highest BCUT2D eigenvalue weighted by molar-refractivity contribution is 7.99. The van der Waals surface area contributed by atoms with Crippen LogP contribution in [0.2, 0.25) is 0 Å². The minimum atomic E-state index is -0.0198. The highest BCUT2D eigenvalue weighted by Crippen LogP contribution is 2.30. The van der Waals surface area contributed by atoms with Crippen LogP contribution in [-0.4, -0.2) is 22.2 Å². The zero-order valence-electron chi connectivity index (χ0n) is 6.71.